The first-order valence-corrected chi connectivity index (χ1v) is 5.43. The molecule has 0 saturated heterocycles. The number of aliphatic carboxylic acids is 1. The Morgan fingerprint density at radius 3 is 2.69 bits per heavy atom. The minimum atomic E-state index is -0.969. The van der Waals surface area contributed by atoms with Crippen LogP contribution in [0.1, 0.15) is 30.8 Å². The smallest absolute Gasteiger partial charge is 0.305 e. The first kappa shape index (κ1) is 12.4. The van der Waals surface area contributed by atoms with Crippen molar-refractivity contribution in [2.45, 2.75) is 25.8 Å². The third kappa shape index (κ3) is 3.50. The van der Waals surface area contributed by atoms with Gasteiger partial charge < -0.3 is 16.2 Å². The van der Waals surface area contributed by atoms with Gasteiger partial charge in [-0.1, -0.05) is 0 Å². The van der Waals surface area contributed by atoms with Gasteiger partial charge in [0.1, 0.15) is 5.69 Å². The van der Waals surface area contributed by atoms with Crippen LogP contribution in [0.5, 0.6) is 0 Å². The van der Waals surface area contributed by atoms with Crippen LogP contribution in [0.25, 0.3) is 0 Å². The molecule has 0 radical (unpaired) electrons. The summed E-state index contributed by atoms with van der Waals surface area (Å²) in [6, 6.07) is 0. The SMILES string of the molecule is CC(C)(CC(=O)O)NC(=O)c1csc(N)n1. The largest absolute Gasteiger partial charge is 0.481 e. The molecule has 0 unspecified atom stereocenters. The molecule has 0 fully saturated rings. The summed E-state index contributed by atoms with van der Waals surface area (Å²) in [4.78, 5) is 26.0. The zero-order valence-corrected chi connectivity index (χ0v) is 9.80. The van der Waals surface area contributed by atoms with Crippen molar-refractivity contribution in [2.24, 2.45) is 0 Å². The summed E-state index contributed by atoms with van der Waals surface area (Å²) in [7, 11) is 0. The number of nitrogens with one attached hydrogen (secondary N) is 1. The van der Waals surface area contributed by atoms with Gasteiger partial charge in [0.15, 0.2) is 5.13 Å². The number of rotatable bonds is 4. The van der Waals surface area contributed by atoms with E-state index in [1.165, 1.54) is 5.38 Å². The maximum atomic E-state index is 11.6. The van der Waals surface area contributed by atoms with Crippen LogP contribution in [0, 0.1) is 0 Å². The Hall–Kier alpha value is -1.63. The van der Waals surface area contributed by atoms with Gasteiger partial charge in [-0.15, -0.1) is 11.3 Å². The first-order valence-electron chi connectivity index (χ1n) is 4.55. The number of nitrogens with two attached hydrogens (primary N) is 1. The Labute approximate surface area is 96.5 Å². The van der Waals surface area contributed by atoms with E-state index in [0.29, 0.717) is 5.13 Å². The maximum absolute atomic E-state index is 11.6. The standard InChI is InChI=1S/C9H13N3O3S/c1-9(2,3-6(13)14)12-7(15)5-4-16-8(10)11-5/h4H,3H2,1-2H3,(H2,10,11)(H,12,15)(H,13,14). The predicted octanol–water partition coefficient (Wildman–Crippen LogP) is 0.708. The topological polar surface area (TPSA) is 105 Å². The average Bonchev–Trinajstić information content (AvgIpc) is 2.47. The van der Waals surface area contributed by atoms with E-state index < -0.39 is 17.4 Å². The number of nitrogens with zero attached hydrogens (tertiary/aromatic N) is 1. The van der Waals surface area contributed by atoms with Crippen LogP contribution in [0.15, 0.2) is 5.38 Å². The Bertz CT molecular complexity index is 414. The summed E-state index contributed by atoms with van der Waals surface area (Å²) in [5.74, 6) is -1.39. The number of hydrogen-bond acceptors (Lipinski definition) is 5. The van der Waals surface area contributed by atoms with Crippen LogP contribution >= 0.6 is 11.3 Å². The Balaban J connectivity index is 2.67. The first-order chi connectivity index (χ1) is 7.30. The molecule has 0 aromatic carbocycles. The van der Waals surface area contributed by atoms with Gasteiger partial charge in [-0.05, 0) is 13.8 Å². The van der Waals surface area contributed by atoms with Crippen LogP contribution in [0.2, 0.25) is 0 Å². The van der Waals surface area contributed by atoms with E-state index in [0.717, 1.165) is 11.3 Å². The molecule has 1 aromatic heterocycles. The fourth-order valence-electron chi connectivity index (χ4n) is 1.19. The lowest BCUT2D eigenvalue weighted by Gasteiger charge is -2.23. The van der Waals surface area contributed by atoms with Gasteiger partial charge in [0, 0.05) is 10.9 Å². The quantitative estimate of drug-likeness (QED) is 0.722. The second kappa shape index (κ2) is 4.48. The van der Waals surface area contributed by atoms with Crippen molar-refractivity contribution >= 4 is 28.3 Å². The molecule has 0 spiro atoms. The van der Waals surface area contributed by atoms with E-state index in [-0.39, 0.29) is 12.1 Å². The number of nitrogen functional groups attached to an aromatic ring is 1. The van der Waals surface area contributed by atoms with Gasteiger partial charge in [0.05, 0.1) is 6.42 Å². The minimum Gasteiger partial charge on any atom is -0.481 e. The van der Waals surface area contributed by atoms with E-state index in [2.05, 4.69) is 10.3 Å². The van der Waals surface area contributed by atoms with Crippen molar-refractivity contribution in [3.63, 3.8) is 0 Å². The number of anilines is 1. The average molecular weight is 243 g/mol. The van der Waals surface area contributed by atoms with E-state index in [4.69, 9.17) is 10.8 Å². The van der Waals surface area contributed by atoms with Gasteiger partial charge in [0.25, 0.3) is 5.91 Å². The van der Waals surface area contributed by atoms with Crippen LogP contribution in [-0.2, 0) is 4.79 Å². The van der Waals surface area contributed by atoms with Gasteiger partial charge >= 0.3 is 5.97 Å². The maximum Gasteiger partial charge on any atom is 0.305 e. The van der Waals surface area contributed by atoms with Crippen molar-refractivity contribution in [3.05, 3.63) is 11.1 Å². The molecule has 0 bridgehead atoms. The number of carboxylic acids is 1. The number of amides is 1. The second-order valence-electron chi connectivity index (χ2n) is 3.98. The molecule has 1 aromatic rings. The highest BCUT2D eigenvalue weighted by molar-refractivity contribution is 7.13. The summed E-state index contributed by atoms with van der Waals surface area (Å²) >= 11 is 1.16. The Kier molecular flexibility index (Phi) is 3.48. The van der Waals surface area contributed by atoms with Crippen molar-refractivity contribution < 1.29 is 14.7 Å². The molecule has 0 aliphatic carbocycles. The fourth-order valence-corrected chi connectivity index (χ4v) is 1.73. The molecule has 7 heteroatoms. The number of aromatic nitrogens is 1. The molecule has 88 valence electrons. The summed E-state index contributed by atoms with van der Waals surface area (Å²) < 4.78 is 0. The molecule has 1 rings (SSSR count). The zero-order valence-electron chi connectivity index (χ0n) is 8.98. The number of carboxylic acid groups (broad SMARTS) is 1. The van der Waals surface area contributed by atoms with Gasteiger partial charge in [-0.25, -0.2) is 4.98 Å². The second-order valence-corrected chi connectivity index (χ2v) is 4.87. The van der Waals surface area contributed by atoms with Crippen molar-refractivity contribution in [1.82, 2.24) is 10.3 Å². The lowest BCUT2D eigenvalue weighted by Crippen LogP contribution is -2.45. The summed E-state index contributed by atoms with van der Waals surface area (Å²) in [6.45, 7) is 3.27. The van der Waals surface area contributed by atoms with Gasteiger partial charge in [0.2, 0.25) is 0 Å². The Morgan fingerprint density at radius 2 is 2.25 bits per heavy atom. The van der Waals surface area contributed by atoms with Gasteiger partial charge in [-0.2, -0.15) is 0 Å². The van der Waals surface area contributed by atoms with Crippen LogP contribution < -0.4 is 11.1 Å². The number of carbonyl (C=O) groups excluding carboxylic acids is 1. The van der Waals surface area contributed by atoms with Crippen molar-refractivity contribution in [2.75, 3.05) is 5.73 Å². The van der Waals surface area contributed by atoms with Crippen LogP contribution in [0.4, 0.5) is 5.13 Å². The van der Waals surface area contributed by atoms with Crippen LogP contribution in [-0.4, -0.2) is 27.5 Å². The molecule has 0 aliphatic heterocycles. The monoisotopic (exact) mass is 243 g/mol. The number of hydrogen-bond donors (Lipinski definition) is 3. The molecule has 0 atom stereocenters. The lowest BCUT2D eigenvalue weighted by atomic mass is 10.0. The molecule has 4 N–H and O–H groups in total. The third-order valence-corrected chi connectivity index (χ3v) is 2.47. The highest BCUT2D eigenvalue weighted by Gasteiger charge is 2.25. The number of thiazole rings is 1. The normalized spacial score (nSPS) is 11.1. The van der Waals surface area contributed by atoms with E-state index >= 15 is 0 Å². The van der Waals surface area contributed by atoms with E-state index in [9.17, 15) is 9.59 Å². The van der Waals surface area contributed by atoms with E-state index in [1.54, 1.807) is 13.8 Å². The summed E-state index contributed by atoms with van der Waals surface area (Å²) in [5.41, 5.74) is 4.79. The summed E-state index contributed by atoms with van der Waals surface area (Å²) in [6.07, 6.45) is -0.154. The summed E-state index contributed by atoms with van der Waals surface area (Å²) in [5, 5.41) is 13.1. The number of carbonyl (C=O) groups is 2. The third-order valence-electron chi connectivity index (χ3n) is 1.80. The van der Waals surface area contributed by atoms with Crippen LogP contribution in [0.3, 0.4) is 0 Å². The molecule has 0 saturated carbocycles. The van der Waals surface area contributed by atoms with Gasteiger partial charge in [-0.3, -0.25) is 9.59 Å². The van der Waals surface area contributed by atoms with Crippen molar-refractivity contribution in [1.29, 1.82) is 0 Å². The lowest BCUT2D eigenvalue weighted by molar-refractivity contribution is -0.138. The molecule has 0 aliphatic rings. The van der Waals surface area contributed by atoms with Crippen molar-refractivity contribution in [3.8, 4) is 0 Å². The minimum absolute atomic E-state index is 0.154. The molecule has 1 heterocycles. The highest BCUT2D eigenvalue weighted by atomic mass is 32.1. The Morgan fingerprint density at radius 1 is 1.62 bits per heavy atom. The molecular formula is C9H13N3O3S. The predicted molar refractivity (Wildman–Crippen MR) is 60.3 cm³/mol. The molecule has 1 amide bonds. The molecule has 6 nitrogen and oxygen atoms in total. The van der Waals surface area contributed by atoms with E-state index in [1.807, 2.05) is 0 Å². The highest BCUT2D eigenvalue weighted by Crippen LogP contribution is 2.13. The molecule has 16 heavy (non-hydrogen) atoms. The zero-order chi connectivity index (χ0) is 12.3. The fraction of sp³-hybridized carbons (Fsp3) is 0.444. The molecular weight excluding hydrogens is 230 g/mol.